The van der Waals surface area contributed by atoms with Gasteiger partial charge < -0.3 is 10.6 Å². The van der Waals surface area contributed by atoms with Crippen molar-refractivity contribution in [2.75, 3.05) is 5.32 Å². The number of urea groups is 1. The zero-order chi connectivity index (χ0) is 22.5. The molecule has 168 valence electrons. The summed E-state index contributed by atoms with van der Waals surface area (Å²) in [5, 5.41) is 8.41. The van der Waals surface area contributed by atoms with Gasteiger partial charge in [-0.05, 0) is 64.2 Å². The Morgan fingerprint density at radius 1 is 1.03 bits per heavy atom. The van der Waals surface area contributed by atoms with Crippen molar-refractivity contribution in [3.8, 4) is 0 Å². The van der Waals surface area contributed by atoms with Crippen molar-refractivity contribution >= 4 is 11.7 Å². The predicted molar refractivity (Wildman–Crippen MR) is 127 cm³/mol. The van der Waals surface area contributed by atoms with Gasteiger partial charge in [0.2, 0.25) is 0 Å². The normalized spacial score (nSPS) is 21.3. The molecule has 2 unspecified atom stereocenters. The molecule has 2 aromatic carbocycles. The average Bonchev–Trinajstić information content (AvgIpc) is 2.76. The molecule has 0 spiro atoms. The molecule has 5 heteroatoms. The molecule has 1 fully saturated rings. The summed E-state index contributed by atoms with van der Waals surface area (Å²) in [6, 6.07) is 19.8. The summed E-state index contributed by atoms with van der Waals surface area (Å²) in [6.45, 7) is 11.0. The zero-order valence-corrected chi connectivity index (χ0v) is 19.5. The van der Waals surface area contributed by atoms with E-state index in [2.05, 4.69) is 74.6 Å². The number of nitrogens with one attached hydrogen (secondary N) is 2. The quantitative estimate of drug-likeness (QED) is 0.549. The highest BCUT2D eigenvalue weighted by Crippen LogP contribution is 2.44. The van der Waals surface area contributed by atoms with Crippen LogP contribution < -0.4 is 10.6 Å². The van der Waals surface area contributed by atoms with Gasteiger partial charge in [0.25, 0.3) is 0 Å². The Morgan fingerprint density at radius 3 is 2.19 bits per heavy atom. The molecule has 0 aliphatic carbocycles. The summed E-state index contributed by atoms with van der Waals surface area (Å²) in [7, 11) is 0. The number of rotatable bonds is 7. The van der Waals surface area contributed by atoms with Gasteiger partial charge in [0.15, 0.2) is 0 Å². The topological polar surface area (TPSA) is 53.6 Å². The van der Waals surface area contributed by atoms with Crippen molar-refractivity contribution < 1.29 is 9.63 Å². The minimum atomic E-state index is -0.224. The van der Waals surface area contributed by atoms with Crippen LogP contribution in [0.25, 0.3) is 0 Å². The summed E-state index contributed by atoms with van der Waals surface area (Å²) in [4.78, 5) is 19.3. The second kappa shape index (κ2) is 9.84. The Bertz CT molecular complexity index is 834. The highest BCUT2D eigenvalue weighted by molar-refractivity contribution is 5.89. The van der Waals surface area contributed by atoms with Gasteiger partial charge >= 0.3 is 6.03 Å². The highest BCUT2D eigenvalue weighted by Gasteiger charge is 2.50. The van der Waals surface area contributed by atoms with Crippen molar-refractivity contribution in [3.63, 3.8) is 0 Å². The monoisotopic (exact) mass is 423 g/mol. The number of anilines is 1. The molecule has 1 aliphatic heterocycles. The van der Waals surface area contributed by atoms with Crippen LogP contribution in [0.15, 0.2) is 60.7 Å². The number of benzene rings is 2. The first-order chi connectivity index (χ1) is 14.8. The number of carbonyl (C=O) groups excluding carboxylic acids is 1. The SMILES string of the molecule is CCC1(CC)CC(NC(=O)Nc2ccccc2)CC(C)(C)N1OC(C)c1ccccc1. The number of para-hydroxylation sites is 1. The molecule has 0 radical (unpaired) electrons. The van der Waals surface area contributed by atoms with Crippen LogP contribution in [0, 0.1) is 0 Å². The number of hydrogen-bond acceptors (Lipinski definition) is 3. The van der Waals surface area contributed by atoms with Gasteiger partial charge in [-0.25, -0.2) is 4.79 Å². The van der Waals surface area contributed by atoms with E-state index in [1.165, 1.54) is 5.56 Å². The maximum Gasteiger partial charge on any atom is 0.319 e. The van der Waals surface area contributed by atoms with Gasteiger partial charge in [-0.15, -0.1) is 0 Å². The third kappa shape index (κ3) is 5.46. The Kier molecular flexibility index (Phi) is 7.39. The van der Waals surface area contributed by atoms with Crippen LogP contribution in [0.2, 0.25) is 0 Å². The van der Waals surface area contributed by atoms with Gasteiger partial charge in [0.05, 0.1) is 0 Å². The number of hydrogen-bond donors (Lipinski definition) is 2. The van der Waals surface area contributed by atoms with Gasteiger partial charge in [-0.1, -0.05) is 62.4 Å². The lowest BCUT2D eigenvalue weighted by molar-refractivity contribution is -0.316. The van der Waals surface area contributed by atoms with E-state index in [0.29, 0.717) is 0 Å². The molecular weight excluding hydrogens is 386 g/mol. The molecule has 0 saturated carbocycles. The van der Waals surface area contributed by atoms with Gasteiger partial charge in [0.1, 0.15) is 6.10 Å². The van der Waals surface area contributed by atoms with Crippen molar-refractivity contribution in [2.24, 2.45) is 0 Å². The zero-order valence-electron chi connectivity index (χ0n) is 19.5. The molecule has 2 amide bonds. The van der Waals surface area contributed by atoms with Gasteiger partial charge in [0, 0.05) is 22.8 Å². The van der Waals surface area contributed by atoms with E-state index in [0.717, 1.165) is 31.4 Å². The highest BCUT2D eigenvalue weighted by atomic mass is 16.7. The van der Waals surface area contributed by atoms with Crippen molar-refractivity contribution in [1.82, 2.24) is 10.4 Å². The van der Waals surface area contributed by atoms with E-state index >= 15 is 0 Å². The maximum atomic E-state index is 12.7. The molecule has 1 aliphatic rings. The van der Waals surface area contributed by atoms with Crippen LogP contribution in [-0.4, -0.2) is 28.2 Å². The smallest absolute Gasteiger partial charge is 0.319 e. The molecular formula is C26H37N3O2. The van der Waals surface area contributed by atoms with Crippen LogP contribution in [-0.2, 0) is 4.84 Å². The van der Waals surface area contributed by atoms with Crippen LogP contribution in [0.4, 0.5) is 10.5 Å². The summed E-state index contributed by atoms with van der Waals surface area (Å²) in [5.74, 6) is 0. The molecule has 31 heavy (non-hydrogen) atoms. The lowest BCUT2D eigenvalue weighted by Gasteiger charge is -2.57. The van der Waals surface area contributed by atoms with E-state index in [9.17, 15) is 4.79 Å². The van der Waals surface area contributed by atoms with Crippen molar-refractivity contribution in [1.29, 1.82) is 0 Å². The number of piperidine rings is 1. The molecule has 5 nitrogen and oxygen atoms in total. The Morgan fingerprint density at radius 2 is 1.61 bits per heavy atom. The molecule has 2 atom stereocenters. The van der Waals surface area contributed by atoms with Gasteiger partial charge in [-0.3, -0.25) is 4.84 Å². The Hall–Kier alpha value is -2.37. The van der Waals surface area contributed by atoms with E-state index in [1.807, 2.05) is 36.4 Å². The number of carbonyl (C=O) groups is 1. The first-order valence-electron chi connectivity index (χ1n) is 11.4. The summed E-state index contributed by atoms with van der Waals surface area (Å²) in [6.07, 6.45) is 3.54. The van der Waals surface area contributed by atoms with E-state index in [1.54, 1.807) is 0 Å². The summed E-state index contributed by atoms with van der Waals surface area (Å²) >= 11 is 0. The summed E-state index contributed by atoms with van der Waals surface area (Å²) in [5.41, 5.74) is 1.60. The lowest BCUT2D eigenvalue weighted by atomic mass is 9.74. The first-order valence-corrected chi connectivity index (χ1v) is 11.4. The van der Waals surface area contributed by atoms with Gasteiger partial charge in [-0.2, -0.15) is 5.06 Å². The first kappa shape index (κ1) is 23.3. The fourth-order valence-corrected chi connectivity index (χ4v) is 4.94. The van der Waals surface area contributed by atoms with E-state index in [4.69, 9.17) is 4.84 Å². The lowest BCUT2D eigenvalue weighted by Crippen LogP contribution is -2.66. The second-order valence-electron chi connectivity index (χ2n) is 9.27. The Labute approximate surface area is 187 Å². The summed E-state index contributed by atoms with van der Waals surface area (Å²) < 4.78 is 0. The molecule has 3 rings (SSSR count). The van der Waals surface area contributed by atoms with Crippen molar-refractivity contribution in [3.05, 3.63) is 66.2 Å². The molecule has 0 bridgehead atoms. The average molecular weight is 424 g/mol. The number of nitrogens with zero attached hydrogens (tertiary/aromatic N) is 1. The molecule has 2 N–H and O–H groups in total. The van der Waals surface area contributed by atoms with Crippen LogP contribution in [0.3, 0.4) is 0 Å². The third-order valence-electron chi connectivity index (χ3n) is 6.57. The van der Waals surface area contributed by atoms with E-state index < -0.39 is 0 Å². The Balaban J connectivity index is 1.75. The molecule has 2 aromatic rings. The second-order valence-corrected chi connectivity index (χ2v) is 9.27. The third-order valence-corrected chi connectivity index (χ3v) is 6.57. The van der Waals surface area contributed by atoms with Crippen molar-refractivity contribution in [2.45, 2.75) is 83.5 Å². The van der Waals surface area contributed by atoms with Crippen LogP contribution >= 0.6 is 0 Å². The maximum absolute atomic E-state index is 12.7. The number of amides is 2. The minimum Gasteiger partial charge on any atom is -0.335 e. The van der Waals surface area contributed by atoms with Crippen LogP contribution in [0.5, 0.6) is 0 Å². The van der Waals surface area contributed by atoms with E-state index in [-0.39, 0.29) is 29.3 Å². The standard InChI is InChI=1S/C26H37N3O2/c1-6-26(7-2)19-23(28-24(30)27-22-16-12-9-13-17-22)18-25(4,5)29(26)31-20(3)21-14-10-8-11-15-21/h8-17,20,23H,6-7,18-19H2,1-5H3,(H2,27,28,30). The fourth-order valence-electron chi connectivity index (χ4n) is 4.94. The molecule has 1 heterocycles. The molecule has 0 aromatic heterocycles. The minimum absolute atomic E-state index is 0.0381. The largest absolute Gasteiger partial charge is 0.335 e. The predicted octanol–water partition coefficient (Wildman–Crippen LogP) is 6.30. The van der Waals surface area contributed by atoms with Crippen LogP contribution in [0.1, 0.15) is 72.0 Å². The molecule has 1 saturated heterocycles. The number of hydroxylamine groups is 2. The fraction of sp³-hybridized carbons (Fsp3) is 0.500.